The van der Waals surface area contributed by atoms with E-state index >= 15 is 0 Å². The maximum Gasteiger partial charge on any atom is 0.250 e. The summed E-state index contributed by atoms with van der Waals surface area (Å²) in [5.74, 6) is 0.976. The first-order chi connectivity index (χ1) is 11.8. The fourth-order valence-electron chi connectivity index (χ4n) is 2.58. The van der Waals surface area contributed by atoms with Crippen LogP contribution in [0.3, 0.4) is 0 Å². The van der Waals surface area contributed by atoms with Crippen LogP contribution in [0.4, 0.5) is 0 Å². The highest BCUT2D eigenvalue weighted by atomic mass is 28.4. The Morgan fingerprint density at radius 3 is 1.84 bits per heavy atom. The zero-order chi connectivity index (χ0) is 18.1. The average Bonchev–Trinajstić information content (AvgIpc) is 2.98. The van der Waals surface area contributed by atoms with Gasteiger partial charge in [-0.15, -0.1) is 0 Å². The molecule has 1 N–H and O–H groups in total. The van der Waals surface area contributed by atoms with Crippen molar-refractivity contribution < 1.29 is 4.43 Å². The predicted molar refractivity (Wildman–Crippen MR) is 109 cm³/mol. The third-order valence-corrected chi connectivity index (χ3v) is 9.47. The Hall–Kier alpha value is -2.26. The van der Waals surface area contributed by atoms with E-state index in [1.165, 1.54) is 5.56 Å². The van der Waals surface area contributed by atoms with E-state index in [2.05, 4.69) is 93.6 Å². The van der Waals surface area contributed by atoms with E-state index in [4.69, 9.17) is 4.43 Å². The number of nitrogens with one attached hydrogen (secondary N) is 1. The number of hydrogen-bond acceptors (Lipinski definition) is 1. The quantitative estimate of drug-likeness (QED) is 0.519. The van der Waals surface area contributed by atoms with Gasteiger partial charge in [-0.1, -0.05) is 81.4 Å². The summed E-state index contributed by atoms with van der Waals surface area (Å²) < 4.78 is 6.79. The molecule has 1 heterocycles. The van der Waals surface area contributed by atoms with E-state index in [-0.39, 0.29) is 5.04 Å². The topological polar surface area (TPSA) is 25.0 Å². The van der Waals surface area contributed by atoms with Gasteiger partial charge in [0.1, 0.15) is 5.75 Å². The summed E-state index contributed by atoms with van der Waals surface area (Å²) in [6.07, 6.45) is 2.07. The number of benzene rings is 2. The molecular weight excluding hydrogens is 322 g/mol. The molecule has 0 bridgehead atoms. The van der Waals surface area contributed by atoms with Gasteiger partial charge in [0.15, 0.2) is 0 Å². The summed E-state index contributed by atoms with van der Waals surface area (Å²) in [4.78, 5) is 3.46. The van der Waals surface area contributed by atoms with Crippen molar-refractivity contribution in [2.24, 2.45) is 0 Å². The van der Waals surface area contributed by atoms with E-state index in [9.17, 15) is 0 Å². The van der Waals surface area contributed by atoms with E-state index in [0.29, 0.717) is 0 Å². The van der Waals surface area contributed by atoms with Crippen LogP contribution in [0.25, 0.3) is 22.4 Å². The van der Waals surface area contributed by atoms with Crippen molar-refractivity contribution in [1.82, 2.24) is 4.98 Å². The van der Waals surface area contributed by atoms with E-state index in [0.717, 1.165) is 22.6 Å². The summed E-state index contributed by atoms with van der Waals surface area (Å²) in [6.45, 7) is 11.4. The van der Waals surface area contributed by atoms with Crippen molar-refractivity contribution in [2.45, 2.75) is 38.9 Å². The molecule has 0 saturated heterocycles. The van der Waals surface area contributed by atoms with Gasteiger partial charge in [0.2, 0.25) is 0 Å². The van der Waals surface area contributed by atoms with Crippen LogP contribution in [-0.4, -0.2) is 13.3 Å². The molecule has 0 radical (unpaired) electrons. The van der Waals surface area contributed by atoms with Crippen molar-refractivity contribution in [3.63, 3.8) is 0 Å². The molecule has 2 aromatic carbocycles. The number of aromatic amines is 1. The van der Waals surface area contributed by atoms with Crippen molar-refractivity contribution in [1.29, 1.82) is 0 Å². The molecule has 0 amide bonds. The van der Waals surface area contributed by atoms with Gasteiger partial charge in [-0.05, 0) is 23.7 Å². The minimum Gasteiger partial charge on any atom is -0.542 e. The monoisotopic (exact) mass is 349 g/mol. The fourth-order valence-corrected chi connectivity index (χ4v) is 3.60. The first-order valence-corrected chi connectivity index (χ1v) is 11.7. The van der Waals surface area contributed by atoms with E-state index < -0.39 is 8.32 Å². The van der Waals surface area contributed by atoms with Crippen LogP contribution in [0.2, 0.25) is 18.1 Å². The highest BCUT2D eigenvalue weighted by Crippen LogP contribution is 2.44. The molecule has 0 aliphatic carbocycles. The zero-order valence-electron chi connectivity index (χ0n) is 15.8. The van der Waals surface area contributed by atoms with Crippen molar-refractivity contribution in [3.05, 3.63) is 66.9 Å². The maximum absolute atomic E-state index is 6.79. The Morgan fingerprint density at radius 2 is 1.32 bits per heavy atom. The van der Waals surface area contributed by atoms with Crippen molar-refractivity contribution in [2.75, 3.05) is 0 Å². The molecule has 0 saturated carbocycles. The highest BCUT2D eigenvalue weighted by Gasteiger charge is 2.40. The normalized spacial score (nSPS) is 12.2. The smallest absolute Gasteiger partial charge is 0.250 e. The first kappa shape index (κ1) is 17.6. The SMILES string of the molecule is CC(C)(C)[Si](C)(C)Oc1c(-c2ccccc2)c[nH]c1-c1ccccc1. The van der Waals surface area contributed by atoms with E-state index in [1.54, 1.807) is 0 Å². The van der Waals surface area contributed by atoms with Gasteiger partial charge < -0.3 is 9.41 Å². The van der Waals surface area contributed by atoms with Gasteiger partial charge in [0.25, 0.3) is 8.32 Å². The van der Waals surface area contributed by atoms with Gasteiger partial charge in [0.05, 0.1) is 5.69 Å². The highest BCUT2D eigenvalue weighted by molar-refractivity contribution is 6.74. The summed E-state index contributed by atoms with van der Waals surface area (Å²) in [7, 11) is -1.96. The molecule has 3 rings (SSSR count). The molecule has 0 fully saturated rings. The third kappa shape index (κ3) is 3.56. The molecule has 0 spiro atoms. The van der Waals surface area contributed by atoms with Gasteiger partial charge in [-0.25, -0.2) is 0 Å². The summed E-state index contributed by atoms with van der Waals surface area (Å²) in [5, 5.41) is 0.145. The molecule has 25 heavy (non-hydrogen) atoms. The molecule has 2 nitrogen and oxygen atoms in total. The zero-order valence-corrected chi connectivity index (χ0v) is 16.8. The maximum atomic E-state index is 6.79. The number of rotatable bonds is 4. The largest absolute Gasteiger partial charge is 0.542 e. The molecule has 3 heteroatoms. The second-order valence-electron chi connectivity index (χ2n) is 8.00. The van der Waals surface area contributed by atoms with Crippen LogP contribution in [-0.2, 0) is 0 Å². The molecule has 0 aliphatic heterocycles. The summed E-state index contributed by atoms with van der Waals surface area (Å²) in [5.41, 5.74) is 4.52. The Kier molecular flexibility index (Phi) is 4.61. The van der Waals surface area contributed by atoms with Crippen LogP contribution in [0.5, 0.6) is 5.75 Å². The third-order valence-electron chi connectivity index (χ3n) is 5.14. The van der Waals surface area contributed by atoms with Crippen LogP contribution < -0.4 is 4.43 Å². The van der Waals surface area contributed by atoms with Crippen LogP contribution in [0, 0.1) is 0 Å². The Bertz CT molecular complexity index is 772. The molecule has 0 aliphatic rings. The number of aromatic nitrogens is 1. The van der Waals surface area contributed by atoms with Crippen molar-refractivity contribution >= 4 is 8.32 Å². The Morgan fingerprint density at radius 1 is 0.800 bits per heavy atom. The molecule has 0 unspecified atom stereocenters. The lowest BCUT2D eigenvalue weighted by Gasteiger charge is -2.37. The average molecular weight is 350 g/mol. The minimum absolute atomic E-state index is 0.145. The molecule has 1 aromatic heterocycles. The van der Waals surface area contributed by atoms with Gasteiger partial charge >= 0.3 is 0 Å². The molecular formula is C22H27NOSi. The summed E-state index contributed by atoms with van der Waals surface area (Å²) >= 11 is 0. The second kappa shape index (κ2) is 6.56. The summed E-state index contributed by atoms with van der Waals surface area (Å²) in [6, 6.07) is 20.9. The predicted octanol–water partition coefficient (Wildman–Crippen LogP) is 6.73. The number of hydrogen-bond donors (Lipinski definition) is 1. The number of H-pyrrole nitrogens is 1. The lowest BCUT2D eigenvalue weighted by Crippen LogP contribution is -2.44. The second-order valence-corrected chi connectivity index (χ2v) is 12.7. The van der Waals surface area contributed by atoms with Crippen molar-refractivity contribution in [3.8, 4) is 28.1 Å². The first-order valence-electron chi connectivity index (χ1n) is 8.81. The Labute approximate surface area is 152 Å². The van der Waals surface area contributed by atoms with Crippen LogP contribution in [0.1, 0.15) is 20.8 Å². The molecule has 0 atom stereocenters. The minimum atomic E-state index is -1.96. The van der Waals surface area contributed by atoms with Gasteiger partial charge in [-0.2, -0.15) is 0 Å². The van der Waals surface area contributed by atoms with Gasteiger partial charge in [0, 0.05) is 17.3 Å². The lowest BCUT2D eigenvalue weighted by molar-refractivity contribution is 0.495. The lowest BCUT2D eigenvalue weighted by atomic mass is 10.1. The van der Waals surface area contributed by atoms with E-state index in [1.807, 2.05) is 12.1 Å². The van der Waals surface area contributed by atoms with Crippen LogP contribution >= 0.6 is 0 Å². The molecule has 130 valence electrons. The van der Waals surface area contributed by atoms with Crippen LogP contribution in [0.15, 0.2) is 66.9 Å². The van der Waals surface area contributed by atoms with Gasteiger partial charge in [-0.3, -0.25) is 0 Å². The Balaban J connectivity index is 2.14. The fraction of sp³-hybridized carbons (Fsp3) is 0.273. The standard InChI is InChI=1S/C22H27NOSi/c1-22(2,3)25(4,5)24-21-19(17-12-8-6-9-13-17)16-23-20(21)18-14-10-7-11-15-18/h6-16,23H,1-5H3. The molecule has 3 aromatic rings.